The summed E-state index contributed by atoms with van der Waals surface area (Å²) < 4.78 is 12.3. The Kier molecular flexibility index (Phi) is 5.61. The number of rotatable bonds is 6. The molecule has 0 atom stereocenters. The number of nitrogens with one attached hydrogen (secondary N) is 1. The lowest BCUT2D eigenvalue weighted by atomic mass is 10.0. The number of pyridine rings is 1. The Morgan fingerprint density at radius 2 is 2.04 bits per heavy atom. The first kappa shape index (κ1) is 18.5. The number of amides is 1. The van der Waals surface area contributed by atoms with E-state index in [-0.39, 0.29) is 5.91 Å². The maximum atomic E-state index is 12.3. The second kappa shape index (κ2) is 8.47. The molecule has 28 heavy (non-hydrogen) atoms. The third kappa shape index (κ3) is 4.19. The minimum atomic E-state index is -0.122. The first-order chi connectivity index (χ1) is 13.7. The lowest BCUT2D eigenvalue weighted by Gasteiger charge is -2.25. The zero-order chi connectivity index (χ0) is 19.3. The Labute approximate surface area is 163 Å². The highest BCUT2D eigenvalue weighted by atomic mass is 16.5. The van der Waals surface area contributed by atoms with Crippen LogP contribution < -0.4 is 5.32 Å². The number of carbonyl (C=O) groups is 1. The maximum absolute atomic E-state index is 12.3. The van der Waals surface area contributed by atoms with Crippen molar-refractivity contribution in [2.45, 2.75) is 6.61 Å². The summed E-state index contributed by atoms with van der Waals surface area (Å²) in [6.07, 6.45) is 1.91. The summed E-state index contributed by atoms with van der Waals surface area (Å²) >= 11 is 0. The van der Waals surface area contributed by atoms with Gasteiger partial charge in [0.15, 0.2) is 5.65 Å². The molecule has 0 radical (unpaired) electrons. The van der Waals surface area contributed by atoms with Crippen LogP contribution in [0.4, 0.5) is 5.95 Å². The van der Waals surface area contributed by atoms with Crippen LogP contribution in [-0.4, -0.2) is 65.4 Å². The van der Waals surface area contributed by atoms with Gasteiger partial charge in [-0.2, -0.15) is 4.98 Å². The summed E-state index contributed by atoms with van der Waals surface area (Å²) in [5, 5.41) is 7.19. The van der Waals surface area contributed by atoms with Crippen LogP contribution in [0.5, 0.6) is 0 Å². The predicted molar refractivity (Wildman–Crippen MR) is 105 cm³/mol. The van der Waals surface area contributed by atoms with Crippen LogP contribution in [0.2, 0.25) is 0 Å². The molecular formula is C20H23N5O3. The lowest BCUT2D eigenvalue weighted by Crippen LogP contribution is -2.41. The second-order valence-electron chi connectivity index (χ2n) is 6.68. The normalized spacial score (nSPS) is 15.0. The largest absolute Gasteiger partial charge is 0.380 e. The van der Waals surface area contributed by atoms with Crippen LogP contribution in [0.1, 0.15) is 5.56 Å². The maximum Gasteiger partial charge on any atom is 0.249 e. The minimum absolute atomic E-state index is 0.122. The summed E-state index contributed by atoms with van der Waals surface area (Å²) in [5.41, 5.74) is 3.87. The van der Waals surface area contributed by atoms with Crippen molar-refractivity contribution in [2.75, 3.05) is 45.3 Å². The fourth-order valence-corrected chi connectivity index (χ4v) is 3.31. The average molecular weight is 381 g/mol. The Balaban J connectivity index is 1.51. The van der Waals surface area contributed by atoms with Crippen LogP contribution in [0, 0.1) is 0 Å². The molecule has 1 N–H and O–H groups in total. The zero-order valence-electron chi connectivity index (χ0n) is 15.8. The Bertz CT molecular complexity index is 965. The van der Waals surface area contributed by atoms with Gasteiger partial charge in [-0.05, 0) is 23.3 Å². The van der Waals surface area contributed by atoms with Crippen molar-refractivity contribution >= 4 is 17.5 Å². The van der Waals surface area contributed by atoms with Crippen molar-refractivity contribution in [3.63, 3.8) is 0 Å². The van der Waals surface area contributed by atoms with Gasteiger partial charge >= 0.3 is 0 Å². The highest BCUT2D eigenvalue weighted by molar-refractivity contribution is 5.90. The number of anilines is 1. The summed E-state index contributed by atoms with van der Waals surface area (Å²) in [6, 6.07) is 12.0. The topological polar surface area (TPSA) is 81.0 Å². The van der Waals surface area contributed by atoms with Crippen molar-refractivity contribution in [1.82, 2.24) is 19.5 Å². The summed E-state index contributed by atoms with van der Waals surface area (Å²) in [7, 11) is 1.68. The van der Waals surface area contributed by atoms with E-state index in [2.05, 4.69) is 26.4 Å². The number of aromatic nitrogens is 3. The number of nitrogens with zero attached hydrogens (tertiary/aromatic N) is 4. The smallest absolute Gasteiger partial charge is 0.249 e. The van der Waals surface area contributed by atoms with Crippen LogP contribution in [0.25, 0.3) is 16.8 Å². The number of carbonyl (C=O) groups excluding carboxylic acids is 1. The quantitative estimate of drug-likeness (QED) is 0.701. The van der Waals surface area contributed by atoms with E-state index < -0.39 is 0 Å². The highest BCUT2D eigenvalue weighted by Crippen LogP contribution is 2.24. The van der Waals surface area contributed by atoms with Gasteiger partial charge in [-0.25, -0.2) is 4.52 Å². The fraction of sp³-hybridized carbons (Fsp3) is 0.350. The van der Waals surface area contributed by atoms with E-state index in [1.165, 1.54) is 0 Å². The fourth-order valence-electron chi connectivity index (χ4n) is 3.31. The third-order valence-electron chi connectivity index (χ3n) is 4.68. The lowest BCUT2D eigenvalue weighted by molar-refractivity contribution is -0.118. The zero-order valence-corrected chi connectivity index (χ0v) is 15.8. The summed E-state index contributed by atoms with van der Waals surface area (Å²) in [6.45, 7) is 3.69. The molecule has 146 valence electrons. The van der Waals surface area contributed by atoms with Crippen molar-refractivity contribution in [3.8, 4) is 11.1 Å². The molecule has 0 aliphatic carbocycles. The van der Waals surface area contributed by atoms with Crippen LogP contribution in [-0.2, 0) is 20.9 Å². The van der Waals surface area contributed by atoms with Gasteiger partial charge in [0.05, 0.1) is 26.4 Å². The van der Waals surface area contributed by atoms with Crippen LogP contribution >= 0.6 is 0 Å². The van der Waals surface area contributed by atoms with Crippen molar-refractivity contribution in [2.24, 2.45) is 0 Å². The average Bonchev–Trinajstić information content (AvgIpc) is 3.10. The number of ether oxygens (including phenoxy) is 2. The van der Waals surface area contributed by atoms with E-state index in [1.807, 2.05) is 36.5 Å². The van der Waals surface area contributed by atoms with Gasteiger partial charge in [0.2, 0.25) is 11.9 Å². The molecule has 3 aromatic rings. The van der Waals surface area contributed by atoms with Crippen molar-refractivity contribution < 1.29 is 14.3 Å². The van der Waals surface area contributed by atoms with E-state index in [4.69, 9.17) is 9.47 Å². The van der Waals surface area contributed by atoms with Crippen molar-refractivity contribution in [1.29, 1.82) is 0 Å². The second-order valence-corrected chi connectivity index (χ2v) is 6.68. The number of methoxy groups -OCH3 is 1. The molecule has 1 saturated heterocycles. The Morgan fingerprint density at radius 1 is 1.21 bits per heavy atom. The van der Waals surface area contributed by atoms with E-state index in [0.717, 1.165) is 29.8 Å². The number of benzene rings is 1. The minimum Gasteiger partial charge on any atom is -0.380 e. The molecule has 1 aliphatic rings. The molecular weight excluding hydrogens is 358 g/mol. The third-order valence-corrected chi connectivity index (χ3v) is 4.68. The van der Waals surface area contributed by atoms with Crippen LogP contribution in [0.3, 0.4) is 0 Å². The Hall–Kier alpha value is -2.81. The van der Waals surface area contributed by atoms with Crippen LogP contribution in [0.15, 0.2) is 42.6 Å². The van der Waals surface area contributed by atoms with E-state index >= 15 is 0 Å². The van der Waals surface area contributed by atoms with Gasteiger partial charge in [-0.3, -0.25) is 15.0 Å². The van der Waals surface area contributed by atoms with Crippen molar-refractivity contribution in [3.05, 3.63) is 48.2 Å². The number of morpholine rings is 1. The molecule has 0 spiro atoms. The number of hydrogen-bond acceptors (Lipinski definition) is 6. The molecule has 1 aliphatic heterocycles. The Morgan fingerprint density at radius 3 is 2.86 bits per heavy atom. The monoisotopic (exact) mass is 381 g/mol. The van der Waals surface area contributed by atoms with E-state index in [0.29, 0.717) is 38.0 Å². The van der Waals surface area contributed by atoms with E-state index in [1.54, 1.807) is 11.6 Å². The molecule has 1 aromatic carbocycles. The highest BCUT2D eigenvalue weighted by Gasteiger charge is 2.16. The molecule has 2 aromatic heterocycles. The van der Waals surface area contributed by atoms with E-state index in [9.17, 15) is 4.79 Å². The van der Waals surface area contributed by atoms with Gasteiger partial charge in [0, 0.05) is 32.0 Å². The van der Waals surface area contributed by atoms with Gasteiger partial charge in [-0.1, -0.05) is 24.3 Å². The first-order valence-corrected chi connectivity index (χ1v) is 9.26. The van der Waals surface area contributed by atoms with Gasteiger partial charge in [-0.15, -0.1) is 5.10 Å². The molecule has 4 rings (SSSR count). The molecule has 0 unspecified atom stereocenters. The summed E-state index contributed by atoms with van der Waals surface area (Å²) in [4.78, 5) is 18.7. The summed E-state index contributed by atoms with van der Waals surface area (Å²) in [5.74, 6) is 0.184. The molecule has 0 bridgehead atoms. The molecule has 8 heteroatoms. The van der Waals surface area contributed by atoms with Gasteiger partial charge in [0.25, 0.3) is 0 Å². The molecule has 1 amide bonds. The molecule has 8 nitrogen and oxygen atoms in total. The number of fused-ring (bicyclic) bond motifs is 1. The predicted octanol–water partition coefficient (Wildman–Crippen LogP) is 1.81. The molecule has 1 fully saturated rings. The molecule has 0 saturated carbocycles. The SMILES string of the molecule is COCc1ccccc1-c1ccc2nc(NC(=O)CN3CCOCC3)nn2c1. The van der Waals surface area contributed by atoms with Gasteiger partial charge in [0.1, 0.15) is 0 Å². The molecule has 3 heterocycles. The first-order valence-electron chi connectivity index (χ1n) is 9.26. The number of hydrogen-bond donors (Lipinski definition) is 1. The standard InChI is InChI=1S/C20H23N5O3/c1-27-14-16-4-2-3-5-17(16)15-6-7-18-21-20(23-25(18)12-15)22-19(26)13-24-8-10-28-11-9-24/h2-7,12H,8-11,13-14H2,1H3,(H,22,23,26). The van der Waals surface area contributed by atoms with Gasteiger partial charge < -0.3 is 9.47 Å².